The molecule has 0 fully saturated rings. The molecule has 0 radical (unpaired) electrons. The largest absolute Gasteiger partial charge is 0.422 e. The van der Waals surface area contributed by atoms with E-state index in [9.17, 15) is 4.79 Å². The van der Waals surface area contributed by atoms with E-state index in [-0.39, 0.29) is 5.97 Å². The number of carbonyl (C=O) groups excluding carboxylic acids is 1. The normalized spacial score (nSPS) is 10.5. The molecule has 1 aromatic heterocycles. The molecule has 0 atom stereocenters. The summed E-state index contributed by atoms with van der Waals surface area (Å²) in [5.74, 6) is 0.121. The second-order valence-electron chi connectivity index (χ2n) is 5.13. The van der Waals surface area contributed by atoms with Gasteiger partial charge in [-0.25, -0.2) is 4.79 Å². The van der Waals surface area contributed by atoms with E-state index in [1.165, 1.54) is 11.3 Å². The number of ether oxygens (including phenoxy) is 1. The van der Waals surface area contributed by atoms with Gasteiger partial charge in [-0.15, -0.1) is 11.3 Å². The Morgan fingerprint density at radius 1 is 1.04 bits per heavy atom. The van der Waals surface area contributed by atoms with Gasteiger partial charge in [-0.3, -0.25) is 5.43 Å². The summed E-state index contributed by atoms with van der Waals surface area (Å²) in [5.41, 5.74) is 4.48. The summed E-state index contributed by atoms with van der Waals surface area (Å²) in [6.07, 6.45) is 1.63. The average Bonchev–Trinajstić information content (AvgIpc) is 3.19. The monoisotopic (exact) mass is 381 g/mol. The molecular weight excluding hydrogens is 366 g/mol. The van der Waals surface area contributed by atoms with Crippen LogP contribution in [0.5, 0.6) is 5.75 Å². The van der Waals surface area contributed by atoms with E-state index in [0.29, 0.717) is 15.7 Å². The maximum atomic E-state index is 11.9. The Morgan fingerprint density at radius 2 is 1.81 bits per heavy atom. The van der Waals surface area contributed by atoms with E-state index in [2.05, 4.69) is 15.8 Å². The number of nitrogens with zero attached hydrogens (tertiary/aromatic N) is 1. The molecule has 0 spiro atoms. The molecule has 130 valence electrons. The van der Waals surface area contributed by atoms with Crippen molar-refractivity contribution in [2.45, 2.75) is 0 Å². The van der Waals surface area contributed by atoms with E-state index < -0.39 is 0 Å². The van der Waals surface area contributed by atoms with Gasteiger partial charge >= 0.3 is 5.97 Å². The van der Waals surface area contributed by atoms with Crippen LogP contribution in [0.1, 0.15) is 15.2 Å². The van der Waals surface area contributed by atoms with Crippen LogP contribution in [0.2, 0.25) is 0 Å². The molecule has 0 saturated carbocycles. The number of rotatable bonds is 5. The van der Waals surface area contributed by atoms with E-state index >= 15 is 0 Å². The Hall–Kier alpha value is -3.03. The van der Waals surface area contributed by atoms with Crippen molar-refractivity contribution in [2.24, 2.45) is 5.10 Å². The van der Waals surface area contributed by atoms with Gasteiger partial charge in [0.2, 0.25) is 0 Å². The number of anilines is 1. The summed E-state index contributed by atoms with van der Waals surface area (Å²) in [7, 11) is 0. The smallest absolute Gasteiger partial charge is 0.353 e. The third-order valence-electron chi connectivity index (χ3n) is 3.22. The summed E-state index contributed by atoms with van der Waals surface area (Å²) in [6.45, 7) is 0. The Bertz CT molecular complexity index is 892. The van der Waals surface area contributed by atoms with Crippen molar-refractivity contribution in [3.05, 3.63) is 82.6 Å². The first-order valence-electron chi connectivity index (χ1n) is 7.71. The van der Waals surface area contributed by atoms with Crippen molar-refractivity contribution in [1.82, 2.24) is 5.43 Å². The van der Waals surface area contributed by atoms with Crippen LogP contribution in [0.3, 0.4) is 0 Å². The van der Waals surface area contributed by atoms with Crippen molar-refractivity contribution < 1.29 is 9.53 Å². The van der Waals surface area contributed by atoms with Crippen LogP contribution in [0, 0.1) is 0 Å². The first-order valence-corrected chi connectivity index (χ1v) is 9.00. The summed E-state index contributed by atoms with van der Waals surface area (Å²) >= 11 is 6.51. The standard InChI is InChI=1S/C19H15N3O2S2/c23-18(17-7-4-12-26-17)24-16-10-8-14(9-11-16)13-20-22-19(25)21-15-5-2-1-3-6-15/h1-13H,(H2,21,22,25). The second-order valence-corrected chi connectivity index (χ2v) is 6.48. The number of hydrogen-bond acceptors (Lipinski definition) is 5. The second kappa shape index (κ2) is 8.89. The SMILES string of the molecule is O=C(Oc1ccc(C=NNC(=S)Nc2ccccc2)cc1)c1cccs1. The molecule has 26 heavy (non-hydrogen) atoms. The highest BCUT2D eigenvalue weighted by Crippen LogP contribution is 2.16. The lowest BCUT2D eigenvalue weighted by Crippen LogP contribution is -2.23. The van der Waals surface area contributed by atoms with Crippen LogP contribution in [0.25, 0.3) is 0 Å². The average molecular weight is 381 g/mol. The number of nitrogens with one attached hydrogen (secondary N) is 2. The molecule has 0 aliphatic carbocycles. The minimum Gasteiger partial charge on any atom is -0.422 e. The number of esters is 1. The summed E-state index contributed by atoms with van der Waals surface area (Å²) in [5, 5.41) is 9.34. The highest BCUT2D eigenvalue weighted by atomic mass is 32.1. The molecule has 3 aromatic rings. The van der Waals surface area contributed by atoms with Gasteiger partial charge in [-0.2, -0.15) is 5.10 Å². The minimum absolute atomic E-state index is 0.361. The fraction of sp³-hybridized carbons (Fsp3) is 0. The number of para-hydroxylation sites is 1. The fourth-order valence-electron chi connectivity index (χ4n) is 2.02. The maximum absolute atomic E-state index is 11.9. The van der Waals surface area contributed by atoms with Crippen LogP contribution in [-0.4, -0.2) is 17.3 Å². The molecule has 0 amide bonds. The molecule has 1 heterocycles. The van der Waals surface area contributed by atoms with Gasteiger partial charge in [0, 0.05) is 5.69 Å². The molecule has 3 rings (SSSR count). The number of thiophene rings is 1. The molecule has 5 nitrogen and oxygen atoms in total. The topological polar surface area (TPSA) is 62.7 Å². The van der Waals surface area contributed by atoms with Gasteiger partial charge < -0.3 is 10.1 Å². The molecule has 0 aliphatic rings. The maximum Gasteiger partial charge on any atom is 0.353 e. The van der Waals surface area contributed by atoms with E-state index in [0.717, 1.165) is 11.3 Å². The first-order chi connectivity index (χ1) is 12.7. The van der Waals surface area contributed by atoms with Gasteiger partial charge in [0.15, 0.2) is 5.11 Å². The predicted octanol–water partition coefficient (Wildman–Crippen LogP) is 4.29. The Labute approximate surface area is 160 Å². The molecule has 2 N–H and O–H groups in total. The molecule has 0 saturated heterocycles. The molecule has 0 bridgehead atoms. The fourth-order valence-corrected chi connectivity index (χ4v) is 2.79. The van der Waals surface area contributed by atoms with Crippen molar-refractivity contribution >= 4 is 46.5 Å². The number of carbonyl (C=O) groups is 1. The van der Waals surface area contributed by atoms with Gasteiger partial charge in [0.05, 0.1) is 6.21 Å². The number of thiocarbonyl (C=S) groups is 1. The van der Waals surface area contributed by atoms with Crippen LogP contribution in [0.4, 0.5) is 5.69 Å². The molecule has 2 aromatic carbocycles. The Morgan fingerprint density at radius 3 is 2.50 bits per heavy atom. The zero-order chi connectivity index (χ0) is 18.2. The van der Waals surface area contributed by atoms with Crippen LogP contribution >= 0.6 is 23.6 Å². The van der Waals surface area contributed by atoms with E-state index in [1.54, 1.807) is 36.5 Å². The lowest BCUT2D eigenvalue weighted by molar-refractivity contribution is 0.0740. The molecule has 0 aliphatic heterocycles. The van der Waals surface area contributed by atoms with Gasteiger partial charge in [-0.1, -0.05) is 24.3 Å². The molecular formula is C19H15N3O2S2. The highest BCUT2D eigenvalue weighted by molar-refractivity contribution is 7.80. The molecule has 7 heteroatoms. The van der Waals surface area contributed by atoms with Crippen molar-refractivity contribution in [3.63, 3.8) is 0 Å². The van der Waals surface area contributed by atoms with Crippen LogP contribution in [0.15, 0.2) is 77.2 Å². The quantitative estimate of drug-likeness (QED) is 0.227. The Balaban J connectivity index is 1.50. The van der Waals surface area contributed by atoms with Gasteiger partial charge in [-0.05, 0) is 65.6 Å². The van der Waals surface area contributed by atoms with Crippen molar-refractivity contribution in [2.75, 3.05) is 5.32 Å². The summed E-state index contributed by atoms with van der Waals surface area (Å²) < 4.78 is 5.30. The van der Waals surface area contributed by atoms with E-state index in [1.807, 2.05) is 41.8 Å². The number of hydrazone groups is 1. The zero-order valence-corrected chi connectivity index (χ0v) is 15.2. The first kappa shape index (κ1) is 17.8. The zero-order valence-electron chi connectivity index (χ0n) is 13.6. The van der Waals surface area contributed by atoms with Gasteiger partial charge in [0.1, 0.15) is 10.6 Å². The van der Waals surface area contributed by atoms with Gasteiger partial charge in [0.25, 0.3) is 0 Å². The molecule has 0 unspecified atom stereocenters. The lowest BCUT2D eigenvalue weighted by Gasteiger charge is -2.06. The predicted molar refractivity (Wildman–Crippen MR) is 109 cm³/mol. The Kier molecular flexibility index (Phi) is 6.08. The number of hydrogen-bond donors (Lipinski definition) is 2. The minimum atomic E-state index is -0.361. The lowest BCUT2D eigenvalue weighted by atomic mass is 10.2. The van der Waals surface area contributed by atoms with E-state index in [4.69, 9.17) is 17.0 Å². The third kappa shape index (κ3) is 5.23. The van der Waals surface area contributed by atoms with Crippen molar-refractivity contribution in [1.29, 1.82) is 0 Å². The van der Waals surface area contributed by atoms with Crippen LogP contribution in [-0.2, 0) is 0 Å². The summed E-state index contributed by atoms with van der Waals surface area (Å²) in [6, 6.07) is 20.2. The highest BCUT2D eigenvalue weighted by Gasteiger charge is 2.08. The summed E-state index contributed by atoms with van der Waals surface area (Å²) in [4.78, 5) is 12.5. The number of benzene rings is 2. The third-order valence-corrected chi connectivity index (χ3v) is 4.27. The van der Waals surface area contributed by atoms with Crippen molar-refractivity contribution in [3.8, 4) is 5.75 Å². The van der Waals surface area contributed by atoms with Crippen LogP contribution < -0.4 is 15.5 Å².